The number of ether oxygens (including phenoxy) is 1. The third-order valence-electron chi connectivity index (χ3n) is 2.17. The highest BCUT2D eigenvalue weighted by Crippen LogP contribution is 2.20. The summed E-state index contributed by atoms with van der Waals surface area (Å²) in [5.74, 6) is 0.679. The fraction of sp³-hybridized carbons (Fsp3) is 0.0833. The summed E-state index contributed by atoms with van der Waals surface area (Å²) in [6.45, 7) is 0. The van der Waals surface area contributed by atoms with Crippen LogP contribution in [0.25, 0.3) is 11.3 Å². The third-order valence-corrected chi connectivity index (χ3v) is 2.17. The van der Waals surface area contributed by atoms with E-state index in [1.807, 2.05) is 6.07 Å². The standard InChI is InChI=1S/C12H10N2O2/c1-16-11-4-10(6-13-7-11)12-3-2-9(8-15)5-14-12/h2-8H,1H3. The van der Waals surface area contributed by atoms with Gasteiger partial charge in [-0.2, -0.15) is 0 Å². The van der Waals surface area contributed by atoms with Crippen LogP contribution in [0.5, 0.6) is 5.75 Å². The number of aldehydes is 1. The minimum absolute atomic E-state index is 0.555. The van der Waals surface area contributed by atoms with Gasteiger partial charge in [0.1, 0.15) is 5.75 Å². The van der Waals surface area contributed by atoms with Gasteiger partial charge >= 0.3 is 0 Å². The number of carbonyl (C=O) groups is 1. The van der Waals surface area contributed by atoms with E-state index in [0.29, 0.717) is 11.3 Å². The van der Waals surface area contributed by atoms with Gasteiger partial charge in [-0.15, -0.1) is 0 Å². The SMILES string of the molecule is COc1cncc(-c2ccc(C=O)cn2)c1. The molecule has 0 aliphatic rings. The molecule has 2 heterocycles. The largest absolute Gasteiger partial charge is 0.495 e. The highest BCUT2D eigenvalue weighted by Gasteiger charge is 2.01. The monoisotopic (exact) mass is 214 g/mol. The topological polar surface area (TPSA) is 52.1 Å². The summed E-state index contributed by atoms with van der Waals surface area (Å²) in [6.07, 6.45) is 5.62. The van der Waals surface area contributed by atoms with E-state index in [1.165, 1.54) is 6.20 Å². The number of aromatic nitrogens is 2. The molecular weight excluding hydrogens is 204 g/mol. The van der Waals surface area contributed by atoms with Crippen molar-refractivity contribution in [1.29, 1.82) is 0 Å². The molecule has 0 atom stereocenters. The Labute approximate surface area is 92.9 Å². The average Bonchev–Trinajstić information content (AvgIpc) is 2.39. The summed E-state index contributed by atoms with van der Waals surface area (Å²) in [5, 5.41) is 0. The van der Waals surface area contributed by atoms with Gasteiger partial charge in [0.25, 0.3) is 0 Å². The normalized spacial score (nSPS) is 9.81. The van der Waals surface area contributed by atoms with Gasteiger partial charge in [-0.25, -0.2) is 0 Å². The van der Waals surface area contributed by atoms with Crippen LogP contribution in [0.15, 0.2) is 36.8 Å². The van der Waals surface area contributed by atoms with Gasteiger partial charge in [0.2, 0.25) is 0 Å². The molecule has 0 fully saturated rings. The lowest BCUT2D eigenvalue weighted by atomic mass is 10.1. The third kappa shape index (κ3) is 2.06. The highest BCUT2D eigenvalue weighted by molar-refractivity contribution is 5.75. The molecular formula is C12H10N2O2. The Morgan fingerprint density at radius 3 is 2.75 bits per heavy atom. The molecule has 4 heteroatoms. The van der Waals surface area contributed by atoms with Crippen LogP contribution < -0.4 is 4.74 Å². The fourth-order valence-corrected chi connectivity index (χ4v) is 1.32. The van der Waals surface area contributed by atoms with E-state index in [4.69, 9.17) is 4.74 Å². The second-order valence-electron chi connectivity index (χ2n) is 3.21. The molecule has 2 aromatic rings. The number of hydrogen-bond donors (Lipinski definition) is 0. The lowest BCUT2D eigenvalue weighted by Crippen LogP contribution is -1.89. The summed E-state index contributed by atoms with van der Waals surface area (Å²) in [5.41, 5.74) is 2.17. The van der Waals surface area contributed by atoms with Gasteiger partial charge < -0.3 is 4.74 Å². The summed E-state index contributed by atoms with van der Waals surface area (Å²) in [7, 11) is 1.59. The van der Waals surface area contributed by atoms with Crippen molar-refractivity contribution in [3.63, 3.8) is 0 Å². The van der Waals surface area contributed by atoms with Crippen molar-refractivity contribution in [2.75, 3.05) is 7.11 Å². The summed E-state index contributed by atoms with van der Waals surface area (Å²) < 4.78 is 5.07. The van der Waals surface area contributed by atoms with E-state index in [1.54, 1.807) is 31.6 Å². The van der Waals surface area contributed by atoms with E-state index in [-0.39, 0.29) is 0 Å². The zero-order valence-electron chi connectivity index (χ0n) is 8.75. The second kappa shape index (κ2) is 4.53. The smallest absolute Gasteiger partial charge is 0.151 e. The van der Waals surface area contributed by atoms with Crippen LogP contribution in [0, 0.1) is 0 Å². The molecule has 0 aliphatic carbocycles. The lowest BCUT2D eigenvalue weighted by molar-refractivity contribution is 0.112. The van der Waals surface area contributed by atoms with E-state index in [9.17, 15) is 4.79 Å². The van der Waals surface area contributed by atoms with Crippen LogP contribution in [0.2, 0.25) is 0 Å². The zero-order valence-corrected chi connectivity index (χ0v) is 8.75. The lowest BCUT2D eigenvalue weighted by Gasteiger charge is -2.03. The molecule has 0 bridgehead atoms. The minimum Gasteiger partial charge on any atom is -0.495 e. The Balaban J connectivity index is 2.38. The van der Waals surface area contributed by atoms with Gasteiger partial charge in [0.15, 0.2) is 6.29 Å². The van der Waals surface area contributed by atoms with Crippen molar-refractivity contribution in [3.8, 4) is 17.0 Å². The second-order valence-corrected chi connectivity index (χ2v) is 3.21. The van der Waals surface area contributed by atoms with E-state index in [2.05, 4.69) is 9.97 Å². The summed E-state index contributed by atoms with van der Waals surface area (Å²) >= 11 is 0. The van der Waals surface area contributed by atoms with Gasteiger partial charge in [-0.1, -0.05) is 0 Å². The number of carbonyl (C=O) groups excluding carboxylic acids is 1. The maximum Gasteiger partial charge on any atom is 0.151 e. The number of hydrogen-bond acceptors (Lipinski definition) is 4. The quantitative estimate of drug-likeness (QED) is 0.733. The zero-order chi connectivity index (χ0) is 11.4. The molecule has 0 spiro atoms. The molecule has 2 aromatic heterocycles. The number of nitrogens with zero attached hydrogens (tertiary/aromatic N) is 2. The molecule has 0 aromatic carbocycles. The van der Waals surface area contributed by atoms with Crippen LogP contribution in [-0.4, -0.2) is 23.4 Å². The molecule has 80 valence electrons. The molecule has 0 saturated heterocycles. The summed E-state index contributed by atoms with van der Waals surface area (Å²) in [4.78, 5) is 18.7. The van der Waals surface area contributed by atoms with Crippen molar-refractivity contribution >= 4 is 6.29 Å². The maximum atomic E-state index is 10.5. The van der Waals surface area contributed by atoms with Crippen LogP contribution in [-0.2, 0) is 0 Å². The van der Waals surface area contributed by atoms with Crippen LogP contribution >= 0.6 is 0 Å². The van der Waals surface area contributed by atoms with Gasteiger partial charge in [-0.05, 0) is 18.2 Å². The first-order valence-electron chi connectivity index (χ1n) is 4.74. The fourth-order valence-electron chi connectivity index (χ4n) is 1.32. The van der Waals surface area contributed by atoms with Crippen molar-refractivity contribution in [2.24, 2.45) is 0 Å². The van der Waals surface area contributed by atoms with Crippen LogP contribution in [0.3, 0.4) is 0 Å². The first-order chi connectivity index (χ1) is 7.83. The molecule has 2 rings (SSSR count). The van der Waals surface area contributed by atoms with E-state index in [0.717, 1.165) is 17.5 Å². The summed E-state index contributed by atoms with van der Waals surface area (Å²) in [6, 6.07) is 5.34. The molecule has 0 aliphatic heterocycles. The average molecular weight is 214 g/mol. The Hall–Kier alpha value is -2.23. The molecule has 4 nitrogen and oxygen atoms in total. The van der Waals surface area contributed by atoms with Crippen LogP contribution in [0.1, 0.15) is 10.4 Å². The van der Waals surface area contributed by atoms with Gasteiger partial charge in [0, 0.05) is 23.5 Å². The predicted octanol–water partition coefficient (Wildman–Crippen LogP) is 1.96. The van der Waals surface area contributed by atoms with Crippen LogP contribution in [0.4, 0.5) is 0 Å². The van der Waals surface area contributed by atoms with Crippen molar-refractivity contribution in [1.82, 2.24) is 9.97 Å². The van der Waals surface area contributed by atoms with Crippen molar-refractivity contribution < 1.29 is 9.53 Å². The minimum atomic E-state index is 0.555. The van der Waals surface area contributed by atoms with Gasteiger partial charge in [-0.3, -0.25) is 14.8 Å². The molecule has 0 unspecified atom stereocenters. The van der Waals surface area contributed by atoms with Crippen molar-refractivity contribution in [3.05, 3.63) is 42.4 Å². The van der Waals surface area contributed by atoms with E-state index >= 15 is 0 Å². The molecule has 0 radical (unpaired) electrons. The Morgan fingerprint density at radius 1 is 1.25 bits per heavy atom. The number of methoxy groups -OCH3 is 1. The Bertz CT molecular complexity index is 495. The first-order valence-corrected chi connectivity index (χ1v) is 4.74. The molecule has 0 amide bonds. The van der Waals surface area contributed by atoms with Crippen molar-refractivity contribution in [2.45, 2.75) is 0 Å². The molecule has 16 heavy (non-hydrogen) atoms. The molecule has 0 N–H and O–H groups in total. The van der Waals surface area contributed by atoms with Gasteiger partial charge in [0.05, 0.1) is 19.0 Å². The number of rotatable bonds is 3. The van der Waals surface area contributed by atoms with E-state index < -0.39 is 0 Å². The number of pyridine rings is 2. The Kier molecular flexibility index (Phi) is 2.91. The Morgan fingerprint density at radius 2 is 2.12 bits per heavy atom. The highest BCUT2D eigenvalue weighted by atomic mass is 16.5. The molecule has 0 saturated carbocycles. The maximum absolute atomic E-state index is 10.5. The predicted molar refractivity (Wildman–Crippen MR) is 59.4 cm³/mol. The first kappa shape index (κ1) is 10.3.